The minimum Gasteiger partial charge on any atom is -0.335 e. The Morgan fingerprint density at radius 2 is 2.18 bits per heavy atom. The predicted molar refractivity (Wildman–Crippen MR) is 85.7 cm³/mol. The first kappa shape index (κ1) is 13.2. The molecule has 4 saturated heterocycles. The number of rotatable bonds is 1. The minimum absolute atomic E-state index is 0.110. The number of pyridine rings is 1. The molecule has 0 radical (unpaired) electrons. The van der Waals surface area contributed by atoms with Gasteiger partial charge in [-0.1, -0.05) is 11.3 Å². The Labute approximate surface area is 132 Å². The highest BCUT2D eigenvalue weighted by Gasteiger charge is 2.54. The van der Waals surface area contributed by atoms with Gasteiger partial charge in [0.2, 0.25) is 0 Å². The van der Waals surface area contributed by atoms with Crippen LogP contribution in [-0.2, 0) is 4.74 Å². The molecular weight excluding hydrogens is 298 g/mol. The second kappa shape index (κ2) is 4.61. The van der Waals surface area contributed by atoms with Crippen molar-refractivity contribution < 1.29 is 4.74 Å². The molecule has 6 heterocycles. The van der Waals surface area contributed by atoms with Crippen molar-refractivity contribution in [2.24, 2.45) is 11.7 Å². The van der Waals surface area contributed by atoms with E-state index in [-0.39, 0.29) is 5.60 Å². The number of aromatic nitrogens is 2. The van der Waals surface area contributed by atoms with Gasteiger partial charge in [0.25, 0.3) is 0 Å². The van der Waals surface area contributed by atoms with Crippen LogP contribution < -0.4 is 10.6 Å². The average Bonchev–Trinajstić information content (AvgIpc) is 3.09. The summed E-state index contributed by atoms with van der Waals surface area (Å²) in [5.41, 5.74) is 7.13. The summed E-state index contributed by atoms with van der Waals surface area (Å²) >= 11 is 1.60. The van der Waals surface area contributed by atoms with E-state index in [9.17, 15) is 0 Å². The van der Waals surface area contributed by atoms with Crippen molar-refractivity contribution in [3.63, 3.8) is 0 Å². The molecule has 116 valence electrons. The fourth-order valence-corrected chi connectivity index (χ4v) is 5.15. The molecule has 4 fully saturated rings. The summed E-state index contributed by atoms with van der Waals surface area (Å²) in [6, 6.07) is 3.91. The topological polar surface area (TPSA) is 67.5 Å². The fraction of sp³-hybridized carbons (Fsp3) is 0.600. The summed E-state index contributed by atoms with van der Waals surface area (Å²) in [5, 5.41) is 0.925. The minimum atomic E-state index is -0.402. The third-order valence-corrected chi connectivity index (χ3v) is 6.34. The third kappa shape index (κ3) is 1.83. The smallest absolute Gasteiger partial charge is 0.191 e. The van der Waals surface area contributed by atoms with Crippen LogP contribution >= 0.6 is 11.3 Å². The van der Waals surface area contributed by atoms with Gasteiger partial charge in [0, 0.05) is 12.7 Å². The molecule has 0 amide bonds. The molecule has 22 heavy (non-hydrogen) atoms. The number of nitrogens with zero attached hydrogens (tertiary/aromatic N) is 4. The highest BCUT2D eigenvalue weighted by molar-refractivity contribution is 7.21. The number of anilines is 1. The van der Waals surface area contributed by atoms with Crippen molar-refractivity contribution in [1.82, 2.24) is 14.9 Å². The lowest BCUT2D eigenvalue weighted by Gasteiger charge is -2.50. The van der Waals surface area contributed by atoms with Gasteiger partial charge in [-0.15, -0.1) is 0 Å². The number of nitrogens with two attached hydrogens (primary N) is 1. The molecule has 4 aliphatic rings. The summed E-state index contributed by atoms with van der Waals surface area (Å²) < 4.78 is 6.30. The maximum absolute atomic E-state index is 6.30. The summed E-state index contributed by atoms with van der Waals surface area (Å²) in [6.45, 7) is 4.26. The number of hydrogen-bond acceptors (Lipinski definition) is 7. The van der Waals surface area contributed by atoms with E-state index in [0.29, 0.717) is 5.92 Å². The molecule has 4 aliphatic heterocycles. The Kier molecular flexibility index (Phi) is 2.76. The number of piperidine rings is 3. The monoisotopic (exact) mass is 317 g/mol. The molecule has 0 saturated carbocycles. The van der Waals surface area contributed by atoms with E-state index >= 15 is 0 Å². The van der Waals surface area contributed by atoms with E-state index in [2.05, 4.69) is 14.8 Å². The van der Waals surface area contributed by atoms with Crippen LogP contribution in [0.1, 0.15) is 12.8 Å². The number of thiazole rings is 1. The van der Waals surface area contributed by atoms with E-state index in [1.54, 1.807) is 17.5 Å². The first-order valence-electron chi connectivity index (χ1n) is 7.87. The normalized spacial score (nSPS) is 37.5. The first-order chi connectivity index (χ1) is 10.7. The van der Waals surface area contributed by atoms with Crippen molar-refractivity contribution >= 4 is 26.8 Å². The summed E-state index contributed by atoms with van der Waals surface area (Å²) in [5.74, 6) is 0.626. The molecule has 2 unspecified atom stereocenters. The largest absolute Gasteiger partial charge is 0.335 e. The molecule has 2 aromatic rings. The van der Waals surface area contributed by atoms with Crippen molar-refractivity contribution in [2.45, 2.75) is 24.8 Å². The Bertz CT molecular complexity index is 680. The lowest BCUT2D eigenvalue weighted by atomic mass is 9.75. The van der Waals surface area contributed by atoms with Gasteiger partial charge in [0.1, 0.15) is 15.9 Å². The van der Waals surface area contributed by atoms with Crippen LogP contribution in [0.2, 0.25) is 0 Å². The van der Waals surface area contributed by atoms with Gasteiger partial charge < -0.3 is 14.5 Å². The van der Waals surface area contributed by atoms with E-state index in [4.69, 9.17) is 15.5 Å². The first-order valence-corrected chi connectivity index (χ1v) is 8.69. The standard InChI is InChI=1S/C15H19N5OS/c16-13-20(14-18-11-2-1-5-17-12(11)22-14)9-15(21-13)8-19-6-3-10(15)4-7-19/h1-2,5,10,13H,3-4,6-9,16H2. The van der Waals surface area contributed by atoms with E-state index in [1.807, 2.05) is 12.1 Å². The van der Waals surface area contributed by atoms with Gasteiger partial charge in [-0.3, -0.25) is 5.73 Å². The zero-order chi connectivity index (χ0) is 14.7. The third-order valence-electron chi connectivity index (χ3n) is 5.32. The van der Waals surface area contributed by atoms with E-state index in [0.717, 1.165) is 28.6 Å². The Morgan fingerprint density at radius 3 is 2.91 bits per heavy atom. The summed E-state index contributed by atoms with van der Waals surface area (Å²) in [4.78, 5) is 14.7. The van der Waals surface area contributed by atoms with Gasteiger partial charge in [0.15, 0.2) is 11.5 Å². The van der Waals surface area contributed by atoms with Crippen LogP contribution in [0.5, 0.6) is 0 Å². The molecule has 1 spiro atoms. The Balaban J connectivity index is 1.48. The van der Waals surface area contributed by atoms with Gasteiger partial charge in [-0.25, -0.2) is 9.97 Å². The van der Waals surface area contributed by atoms with Crippen molar-refractivity contribution in [3.05, 3.63) is 18.3 Å². The Morgan fingerprint density at radius 1 is 1.32 bits per heavy atom. The average molecular weight is 317 g/mol. The molecule has 2 N–H and O–H groups in total. The van der Waals surface area contributed by atoms with Crippen LogP contribution in [0.25, 0.3) is 10.3 Å². The molecule has 2 aromatic heterocycles. The zero-order valence-corrected chi connectivity index (χ0v) is 13.1. The van der Waals surface area contributed by atoms with Crippen molar-refractivity contribution in [2.75, 3.05) is 31.1 Å². The predicted octanol–water partition coefficient (Wildman–Crippen LogP) is 1.23. The van der Waals surface area contributed by atoms with Gasteiger partial charge >= 0.3 is 0 Å². The van der Waals surface area contributed by atoms with E-state index in [1.165, 1.54) is 25.9 Å². The van der Waals surface area contributed by atoms with Gasteiger partial charge in [-0.2, -0.15) is 0 Å². The quantitative estimate of drug-likeness (QED) is 0.853. The Hall–Kier alpha value is -1.28. The van der Waals surface area contributed by atoms with Crippen LogP contribution in [0.15, 0.2) is 18.3 Å². The zero-order valence-electron chi connectivity index (χ0n) is 12.3. The molecule has 7 heteroatoms. The van der Waals surface area contributed by atoms with Crippen LogP contribution in [0.3, 0.4) is 0 Å². The SMILES string of the molecule is NC1OC2(CN3CCC2CC3)CN1c1nc2cccnc2s1. The fourth-order valence-electron chi connectivity index (χ4n) is 4.21. The number of fused-ring (bicyclic) bond motifs is 3. The molecule has 0 aliphatic carbocycles. The summed E-state index contributed by atoms with van der Waals surface area (Å²) in [7, 11) is 0. The van der Waals surface area contributed by atoms with Crippen molar-refractivity contribution in [3.8, 4) is 0 Å². The van der Waals surface area contributed by atoms with Crippen LogP contribution in [0.4, 0.5) is 5.13 Å². The van der Waals surface area contributed by atoms with Crippen molar-refractivity contribution in [1.29, 1.82) is 0 Å². The lowest BCUT2D eigenvalue weighted by molar-refractivity contribution is -0.137. The number of hydrogen-bond donors (Lipinski definition) is 1. The second-order valence-corrected chi connectivity index (χ2v) is 7.53. The highest BCUT2D eigenvalue weighted by Crippen LogP contribution is 2.44. The molecule has 2 atom stereocenters. The van der Waals surface area contributed by atoms with Crippen LogP contribution in [-0.4, -0.2) is 53.0 Å². The second-order valence-electron chi connectivity index (χ2n) is 6.58. The number of ether oxygens (including phenoxy) is 1. The highest BCUT2D eigenvalue weighted by atomic mass is 32.1. The maximum atomic E-state index is 6.30. The van der Waals surface area contributed by atoms with E-state index < -0.39 is 6.35 Å². The molecule has 6 nitrogen and oxygen atoms in total. The van der Waals surface area contributed by atoms with Gasteiger partial charge in [0.05, 0.1) is 6.54 Å². The van der Waals surface area contributed by atoms with Gasteiger partial charge in [-0.05, 0) is 44.0 Å². The summed E-state index contributed by atoms with van der Waals surface area (Å²) in [6.07, 6.45) is 3.85. The maximum Gasteiger partial charge on any atom is 0.191 e. The van der Waals surface area contributed by atoms with Crippen LogP contribution in [0, 0.1) is 5.92 Å². The molecule has 0 aromatic carbocycles. The molecule has 6 rings (SSSR count). The molecule has 2 bridgehead atoms. The lowest BCUT2D eigenvalue weighted by Crippen LogP contribution is -2.61. The molecular formula is C15H19N5OS.